The van der Waals surface area contributed by atoms with Gasteiger partial charge in [0.1, 0.15) is 24.1 Å². The molecule has 0 aliphatic carbocycles. The molecule has 0 heterocycles. The number of hydrogen-bond acceptors (Lipinski definition) is 6. The number of ether oxygens (including phenoxy) is 2. The van der Waals surface area contributed by atoms with E-state index in [2.05, 4.69) is 21.2 Å². The molecule has 0 saturated heterocycles. The van der Waals surface area contributed by atoms with Crippen LogP contribution in [-0.4, -0.2) is 58.5 Å². The zero-order valence-corrected chi connectivity index (χ0v) is 25.4. The van der Waals surface area contributed by atoms with Gasteiger partial charge in [-0.2, -0.15) is 0 Å². The maximum absolute atomic E-state index is 14.0. The Morgan fingerprint density at radius 1 is 0.975 bits per heavy atom. The van der Waals surface area contributed by atoms with Crippen LogP contribution in [0.25, 0.3) is 0 Å². The molecular weight excluding hydrogens is 598 g/mol. The lowest BCUT2D eigenvalue weighted by molar-refractivity contribution is -0.140. The van der Waals surface area contributed by atoms with Gasteiger partial charge in [-0.3, -0.25) is 13.9 Å². The summed E-state index contributed by atoms with van der Waals surface area (Å²) in [5.41, 5.74) is 1.02. The van der Waals surface area contributed by atoms with Crippen LogP contribution in [0.4, 0.5) is 5.69 Å². The van der Waals surface area contributed by atoms with Crippen LogP contribution in [0, 0.1) is 0 Å². The minimum absolute atomic E-state index is 0.0232. The van der Waals surface area contributed by atoms with E-state index >= 15 is 0 Å². The molecule has 0 spiro atoms. The Hall–Kier alpha value is -3.57. The van der Waals surface area contributed by atoms with Crippen molar-refractivity contribution in [1.82, 2.24) is 10.2 Å². The van der Waals surface area contributed by atoms with Crippen LogP contribution in [0.15, 0.2) is 82.2 Å². The number of benzene rings is 3. The zero-order valence-electron chi connectivity index (χ0n) is 23.0. The smallest absolute Gasteiger partial charge is 0.264 e. The summed E-state index contributed by atoms with van der Waals surface area (Å²) in [6, 6.07) is 19.0. The zero-order chi connectivity index (χ0) is 29.3. The number of carbonyl (C=O) groups is 2. The fourth-order valence-electron chi connectivity index (χ4n) is 4.19. The third-order valence-electron chi connectivity index (χ3n) is 6.24. The van der Waals surface area contributed by atoms with Crippen molar-refractivity contribution < 1.29 is 27.5 Å². The predicted octanol–water partition coefficient (Wildman–Crippen LogP) is 4.61. The summed E-state index contributed by atoms with van der Waals surface area (Å²) < 4.78 is 40.4. The molecule has 3 aromatic carbocycles. The van der Waals surface area contributed by atoms with Crippen LogP contribution < -0.4 is 19.1 Å². The molecule has 11 heteroatoms. The molecule has 0 radical (unpaired) electrons. The Morgan fingerprint density at radius 3 is 2.23 bits per heavy atom. The monoisotopic (exact) mass is 631 g/mol. The Bertz CT molecular complexity index is 1400. The van der Waals surface area contributed by atoms with Gasteiger partial charge in [0.05, 0.1) is 24.3 Å². The molecule has 9 nitrogen and oxygen atoms in total. The van der Waals surface area contributed by atoms with Gasteiger partial charge in [-0.25, -0.2) is 8.42 Å². The van der Waals surface area contributed by atoms with Crippen LogP contribution in [0.5, 0.6) is 11.5 Å². The van der Waals surface area contributed by atoms with Crippen molar-refractivity contribution in [1.29, 1.82) is 0 Å². The van der Waals surface area contributed by atoms with E-state index in [0.717, 1.165) is 14.3 Å². The van der Waals surface area contributed by atoms with Gasteiger partial charge in [-0.1, -0.05) is 35.0 Å². The molecule has 0 aromatic heterocycles. The summed E-state index contributed by atoms with van der Waals surface area (Å²) in [7, 11) is -1.11. The van der Waals surface area contributed by atoms with E-state index < -0.39 is 28.5 Å². The third-order valence-corrected chi connectivity index (χ3v) is 8.55. The molecule has 0 aliphatic heterocycles. The highest BCUT2D eigenvalue weighted by Gasteiger charge is 2.33. The van der Waals surface area contributed by atoms with E-state index in [4.69, 9.17) is 9.47 Å². The van der Waals surface area contributed by atoms with Gasteiger partial charge >= 0.3 is 0 Å². The molecule has 1 N–H and O–H groups in total. The van der Waals surface area contributed by atoms with Crippen molar-refractivity contribution in [2.24, 2.45) is 0 Å². The summed E-state index contributed by atoms with van der Waals surface area (Å²) in [5.74, 6) is 0.297. The van der Waals surface area contributed by atoms with E-state index in [-0.39, 0.29) is 23.0 Å². The largest absolute Gasteiger partial charge is 0.497 e. The second-order valence-corrected chi connectivity index (χ2v) is 11.6. The van der Waals surface area contributed by atoms with Crippen LogP contribution in [0.2, 0.25) is 0 Å². The molecule has 2 amide bonds. The van der Waals surface area contributed by atoms with Gasteiger partial charge < -0.3 is 19.7 Å². The number of rotatable bonds is 13. The number of carbonyl (C=O) groups excluding carboxylic acids is 2. The number of halogens is 1. The number of hydrogen-bond donors (Lipinski definition) is 1. The summed E-state index contributed by atoms with van der Waals surface area (Å²) in [4.78, 5) is 28.2. The molecule has 0 saturated carbocycles. The Morgan fingerprint density at radius 2 is 1.65 bits per heavy atom. The first-order valence-electron chi connectivity index (χ1n) is 12.8. The van der Waals surface area contributed by atoms with Gasteiger partial charge in [0.2, 0.25) is 11.8 Å². The first-order chi connectivity index (χ1) is 19.1. The minimum Gasteiger partial charge on any atom is -0.497 e. The van der Waals surface area contributed by atoms with Gasteiger partial charge in [-0.15, -0.1) is 0 Å². The molecule has 0 unspecified atom stereocenters. The van der Waals surface area contributed by atoms with Crippen molar-refractivity contribution in [2.75, 3.05) is 31.6 Å². The number of methoxy groups -OCH3 is 1. The van der Waals surface area contributed by atoms with E-state index in [9.17, 15) is 18.0 Å². The standard InChI is InChI=1S/C29H34BrN3O6S/c1-5-27(29(35)31-3)32(19-21-8-7-9-25(18-21)38-4)28(34)20-33(23-12-14-24(15-13-23)39-6-2)40(36,37)26-16-10-22(30)11-17-26/h7-18,27H,5-6,19-20H2,1-4H3,(H,31,35)/t27-/m1/s1. The molecule has 0 bridgehead atoms. The van der Waals surface area contributed by atoms with E-state index in [1.54, 1.807) is 68.6 Å². The highest BCUT2D eigenvalue weighted by Crippen LogP contribution is 2.28. The average Bonchev–Trinajstić information content (AvgIpc) is 2.96. The van der Waals surface area contributed by atoms with Crippen molar-refractivity contribution in [3.8, 4) is 11.5 Å². The SMILES string of the molecule is CCOc1ccc(N(CC(=O)N(Cc2cccc(OC)c2)[C@H](CC)C(=O)NC)S(=O)(=O)c2ccc(Br)cc2)cc1. The lowest BCUT2D eigenvalue weighted by atomic mass is 10.1. The molecule has 0 aliphatic rings. The highest BCUT2D eigenvalue weighted by atomic mass is 79.9. The molecule has 0 fully saturated rings. The van der Waals surface area contributed by atoms with Crippen molar-refractivity contribution in [3.63, 3.8) is 0 Å². The van der Waals surface area contributed by atoms with E-state index in [1.807, 2.05) is 13.0 Å². The van der Waals surface area contributed by atoms with E-state index in [0.29, 0.717) is 24.5 Å². The predicted molar refractivity (Wildman–Crippen MR) is 158 cm³/mol. The number of amides is 2. The third kappa shape index (κ3) is 7.54. The quantitative estimate of drug-likeness (QED) is 0.295. The fourth-order valence-corrected chi connectivity index (χ4v) is 5.87. The molecule has 40 heavy (non-hydrogen) atoms. The summed E-state index contributed by atoms with van der Waals surface area (Å²) in [5, 5.41) is 2.62. The Kier molecular flexibility index (Phi) is 11.0. The van der Waals surface area contributed by atoms with Gasteiger partial charge in [-0.05, 0) is 79.6 Å². The number of likely N-dealkylation sites (N-methyl/N-ethyl adjacent to an activating group) is 1. The normalized spacial score (nSPS) is 11.8. The molecular formula is C29H34BrN3O6S. The number of anilines is 1. The van der Waals surface area contributed by atoms with Gasteiger partial charge in [0, 0.05) is 18.1 Å². The minimum atomic E-state index is -4.16. The van der Waals surface area contributed by atoms with E-state index in [1.165, 1.54) is 24.1 Å². The number of sulfonamides is 1. The maximum Gasteiger partial charge on any atom is 0.264 e. The second-order valence-electron chi connectivity index (χ2n) is 8.80. The average molecular weight is 633 g/mol. The van der Waals surface area contributed by atoms with Crippen molar-refractivity contribution in [3.05, 3.63) is 82.8 Å². The number of nitrogens with one attached hydrogen (secondary N) is 1. The van der Waals surface area contributed by atoms with Gasteiger partial charge in [0.25, 0.3) is 10.0 Å². The Balaban J connectivity index is 2.06. The summed E-state index contributed by atoms with van der Waals surface area (Å²) in [6.07, 6.45) is 0.331. The lowest BCUT2D eigenvalue weighted by Gasteiger charge is -2.33. The first-order valence-corrected chi connectivity index (χ1v) is 15.0. The van der Waals surface area contributed by atoms with Crippen LogP contribution in [0.3, 0.4) is 0 Å². The number of nitrogens with zero attached hydrogens (tertiary/aromatic N) is 2. The van der Waals surface area contributed by atoms with Crippen LogP contribution >= 0.6 is 15.9 Å². The molecule has 3 aromatic rings. The molecule has 214 valence electrons. The highest BCUT2D eigenvalue weighted by molar-refractivity contribution is 9.10. The summed E-state index contributed by atoms with van der Waals surface area (Å²) >= 11 is 3.33. The Labute approximate surface area is 244 Å². The topological polar surface area (TPSA) is 105 Å². The van der Waals surface area contributed by atoms with Crippen LogP contribution in [-0.2, 0) is 26.2 Å². The van der Waals surface area contributed by atoms with Gasteiger partial charge in [0.15, 0.2) is 0 Å². The molecule has 3 rings (SSSR count). The molecule has 1 atom stereocenters. The van der Waals surface area contributed by atoms with Crippen LogP contribution in [0.1, 0.15) is 25.8 Å². The van der Waals surface area contributed by atoms with Crippen molar-refractivity contribution >= 4 is 43.5 Å². The summed E-state index contributed by atoms with van der Waals surface area (Å²) in [6.45, 7) is 3.66. The maximum atomic E-state index is 14.0. The van der Waals surface area contributed by atoms with Crippen molar-refractivity contribution in [2.45, 2.75) is 37.8 Å². The fraction of sp³-hybridized carbons (Fsp3) is 0.310. The second kappa shape index (κ2) is 14.2. The first kappa shape index (κ1) is 31.0. The lowest BCUT2D eigenvalue weighted by Crippen LogP contribution is -2.51.